The Morgan fingerprint density at radius 2 is 2.21 bits per heavy atom. The number of ether oxygens (including phenoxy) is 1. The average Bonchev–Trinajstić information content (AvgIpc) is 2.48. The van der Waals surface area contributed by atoms with Crippen LogP contribution in [0.2, 0.25) is 0 Å². The smallest absolute Gasteiger partial charge is 0.748 e. The molecule has 0 spiro atoms. The molecule has 0 N–H and O–H groups in total. The van der Waals surface area contributed by atoms with Gasteiger partial charge in [0.25, 0.3) is 0 Å². The van der Waals surface area contributed by atoms with Crippen molar-refractivity contribution in [2.75, 3.05) is 12.4 Å². The molecule has 1 aromatic rings. The fourth-order valence-corrected chi connectivity index (χ4v) is 1.80. The van der Waals surface area contributed by atoms with Crippen LogP contribution in [0.4, 0.5) is 0 Å². The van der Waals surface area contributed by atoms with Gasteiger partial charge in [-0.25, -0.2) is 8.42 Å². The fraction of sp³-hybridized carbons (Fsp3) is 0.429. The van der Waals surface area contributed by atoms with E-state index in [2.05, 4.69) is 0 Å². The first-order valence-corrected chi connectivity index (χ1v) is 6.18. The van der Waals surface area contributed by atoms with Gasteiger partial charge in [0.05, 0.1) is 16.7 Å². The number of hydrogen-bond donors (Lipinski definition) is 0. The molecule has 0 fully saturated rings. The SMILES string of the molecule is O=S(=O)([O-])CCCOc1ccsc1.[Na+]. The van der Waals surface area contributed by atoms with Crippen LogP contribution in [0.5, 0.6) is 5.75 Å². The molecule has 0 saturated heterocycles. The first-order valence-electron chi connectivity index (χ1n) is 3.66. The first kappa shape index (κ1) is 14.4. The third-order valence-corrected chi connectivity index (χ3v) is 2.75. The van der Waals surface area contributed by atoms with Crippen LogP contribution in [0, 0.1) is 0 Å². The van der Waals surface area contributed by atoms with Crippen LogP contribution in [-0.4, -0.2) is 25.3 Å². The van der Waals surface area contributed by atoms with Crippen LogP contribution in [0.15, 0.2) is 16.8 Å². The third kappa shape index (κ3) is 6.80. The second kappa shape index (κ2) is 6.81. The molecule has 7 heteroatoms. The van der Waals surface area contributed by atoms with Gasteiger partial charge in [0, 0.05) is 11.1 Å². The number of hydrogen-bond acceptors (Lipinski definition) is 5. The van der Waals surface area contributed by atoms with Crippen molar-refractivity contribution in [3.63, 3.8) is 0 Å². The van der Waals surface area contributed by atoms with Gasteiger partial charge >= 0.3 is 29.6 Å². The minimum Gasteiger partial charge on any atom is -0.748 e. The Morgan fingerprint density at radius 1 is 1.50 bits per heavy atom. The van der Waals surface area contributed by atoms with Gasteiger partial charge in [-0.3, -0.25) is 0 Å². The molecule has 0 aliphatic rings. The molecule has 0 amide bonds. The summed E-state index contributed by atoms with van der Waals surface area (Å²) in [5.41, 5.74) is 0. The quantitative estimate of drug-likeness (QED) is 0.343. The van der Waals surface area contributed by atoms with E-state index >= 15 is 0 Å². The number of thiophene rings is 1. The maximum Gasteiger partial charge on any atom is 1.00 e. The van der Waals surface area contributed by atoms with E-state index in [0.29, 0.717) is 5.75 Å². The Labute approximate surface area is 109 Å². The standard InChI is InChI=1S/C7H10O4S2.Na/c8-13(9,10)5-1-3-11-7-2-4-12-6-7;/h2,4,6H,1,3,5H2,(H,8,9,10);/q;+1/p-1. The molecule has 4 nitrogen and oxygen atoms in total. The molecule has 0 radical (unpaired) electrons. The maximum absolute atomic E-state index is 10.2. The molecular formula is C7H9NaO4S2. The van der Waals surface area contributed by atoms with Gasteiger partial charge < -0.3 is 9.29 Å². The zero-order valence-corrected chi connectivity index (χ0v) is 11.4. The summed E-state index contributed by atoms with van der Waals surface area (Å²) in [4.78, 5) is 0. The van der Waals surface area contributed by atoms with E-state index in [1.54, 1.807) is 6.07 Å². The summed E-state index contributed by atoms with van der Waals surface area (Å²) in [5, 5.41) is 3.67. The van der Waals surface area contributed by atoms with E-state index in [4.69, 9.17) is 4.74 Å². The van der Waals surface area contributed by atoms with Crippen molar-refractivity contribution in [2.45, 2.75) is 6.42 Å². The molecule has 1 aromatic heterocycles. The largest absolute Gasteiger partial charge is 1.00 e. The Bertz CT molecular complexity index is 333. The van der Waals surface area contributed by atoms with Crippen molar-refractivity contribution in [1.29, 1.82) is 0 Å². The van der Waals surface area contributed by atoms with Gasteiger partial charge in [-0.2, -0.15) is 0 Å². The predicted octanol–water partition coefficient (Wildman–Crippen LogP) is -1.93. The summed E-state index contributed by atoms with van der Waals surface area (Å²) in [7, 11) is -4.09. The summed E-state index contributed by atoms with van der Waals surface area (Å²) in [6.45, 7) is 0.262. The third-order valence-electron chi connectivity index (χ3n) is 1.30. The van der Waals surface area contributed by atoms with Gasteiger partial charge in [0.2, 0.25) is 0 Å². The van der Waals surface area contributed by atoms with E-state index in [0.717, 1.165) is 0 Å². The minimum absolute atomic E-state index is 0. The van der Waals surface area contributed by atoms with Crippen molar-refractivity contribution in [2.24, 2.45) is 0 Å². The van der Waals surface area contributed by atoms with E-state index in [1.165, 1.54) is 11.3 Å². The van der Waals surface area contributed by atoms with Gasteiger partial charge in [0.15, 0.2) is 0 Å². The zero-order valence-electron chi connectivity index (χ0n) is 7.80. The first-order chi connectivity index (χ1) is 6.08. The summed E-state index contributed by atoms with van der Waals surface area (Å²) in [6.07, 6.45) is 0.238. The van der Waals surface area contributed by atoms with Crippen molar-refractivity contribution in [3.8, 4) is 5.75 Å². The van der Waals surface area contributed by atoms with E-state index < -0.39 is 10.1 Å². The van der Waals surface area contributed by atoms with Crippen molar-refractivity contribution in [1.82, 2.24) is 0 Å². The minimum atomic E-state index is -4.09. The summed E-state index contributed by atoms with van der Waals surface area (Å²) < 4.78 is 35.7. The van der Waals surface area contributed by atoms with Gasteiger partial charge in [-0.1, -0.05) is 0 Å². The summed E-state index contributed by atoms with van der Waals surface area (Å²) >= 11 is 1.50. The second-order valence-corrected chi connectivity index (χ2v) is 4.73. The average molecular weight is 244 g/mol. The van der Waals surface area contributed by atoms with Crippen LogP contribution in [0.1, 0.15) is 6.42 Å². The van der Waals surface area contributed by atoms with Gasteiger partial charge in [-0.05, 0) is 17.9 Å². The molecule has 74 valence electrons. The molecule has 0 aliphatic heterocycles. The maximum atomic E-state index is 10.2. The van der Waals surface area contributed by atoms with E-state index in [9.17, 15) is 13.0 Å². The molecular weight excluding hydrogens is 235 g/mol. The predicted molar refractivity (Wildman–Crippen MR) is 49.0 cm³/mol. The van der Waals surface area contributed by atoms with Crippen LogP contribution in [-0.2, 0) is 10.1 Å². The summed E-state index contributed by atoms with van der Waals surface area (Å²) in [5.74, 6) is 0.352. The Morgan fingerprint density at radius 3 is 2.71 bits per heavy atom. The van der Waals surface area contributed by atoms with Crippen LogP contribution in [0.25, 0.3) is 0 Å². The van der Waals surface area contributed by atoms with Crippen LogP contribution < -0.4 is 34.3 Å². The van der Waals surface area contributed by atoms with Crippen molar-refractivity contribution < 1.29 is 47.3 Å². The Kier molecular flexibility index (Phi) is 7.01. The molecule has 0 aromatic carbocycles. The van der Waals surface area contributed by atoms with E-state index in [1.807, 2.05) is 10.8 Å². The molecule has 0 atom stereocenters. The molecule has 1 rings (SSSR count). The van der Waals surface area contributed by atoms with Crippen molar-refractivity contribution >= 4 is 21.5 Å². The molecule has 0 aliphatic carbocycles. The van der Waals surface area contributed by atoms with Crippen LogP contribution >= 0.6 is 11.3 Å². The monoisotopic (exact) mass is 244 g/mol. The molecule has 14 heavy (non-hydrogen) atoms. The van der Waals surface area contributed by atoms with Crippen LogP contribution in [0.3, 0.4) is 0 Å². The molecule has 0 saturated carbocycles. The Hall–Kier alpha value is 0.410. The summed E-state index contributed by atoms with van der Waals surface area (Å²) in [6, 6.07) is 1.79. The fourth-order valence-electron chi connectivity index (χ4n) is 0.760. The molecule has 0 unspecified atom stereocenters. The zero-order chi connectivity index (χ0) is 9.73. The second-order valence-electron chi connectivity index (χ2n) is 2.42. The van der Waals surface area contributed by atoms with Gasteiger partial charge in [0.1, 0.15) is 5.75 Å². The van der Waals surface area contributed by atoms with Crippen molar-refractivity contribution in [3.05, 3.63) is 16.8 Å². The normalized spacial score (nSPS) is 10.6. The molecule has 1 heterocycles. The topological polar surface area (TPSA) is 66.4 Å². The van der Waals surface area contributed by atoms with E-state index in [-0.39, 0.29) is 48.3 Å². The Balaban J connectivity index is 0.00000169. The van der Waals surface area contributed by atoms with Gasteiger partial charge in [-0.15, -0.1) is 11.3 Å². The molecule has 0 bridgehead atoms. The number of rotatable bonds is 5.